The molecule has 39 heavy (non-hydrogen) atoms. The fraction of sp³-hybridized carbons (Fsp3) is 0.577. The average Bonchev–Trinajstić information content (AvgIpc) is 3.54. The first-order valence-electron chi connectivity index (χ1n) is 13.5. The predicted molar refractivity (Wildman–Crippen MR) is 149 cm³/mol. The maximum atomic E-state index is 13.3. The van der Waals surface area contributed by atoms with Gasteiger partial charge in [0.05, 0.1) is 6.54 Å². The van der Waals surface area contributed by atoms with Crippen molar-refractivity contribution in [1.82, 2.24) is 24.3 Å². The number of primary amides is 1. The third kappa shape index (κ3) is 6.21. The lowest BCUT2D eigenvalue weighted by Gasteiger charge is -2.37. The van der Waals surface area contributed by atoms with E-state index in [4.69, 9.17) is 5.73 Å². The van der Waals surface area contributed by atoms with Gasteiger partial charge in [-0.3, -0.25) is 14.5 Å². The largest absolute Gasteiger partial charge is 0.351 e. The molecule has 0 radical (unpaired) electrons. The van der Waals surface area contributed by atoms with Gasteiger partial charge in [-0.05, 0) is 50.1 Å². The third-order valence-electron chi connectivity index (χ3n) is 7.92. The molecule has 4 amide bonds. The summed E-state index contributed by atoms with van der Waals surface area (Å²) in [6.07, 6.45) is 2.82. The number of carbonyl (C=O) groups excluding carboxylic acids is 3. The van der Waals surface area contributed by atoms with Gasteiger partial charge in [0, 0.05) is 56.6 Å². The zero-order valence-corrected chi connectivity index (χ0v) is 23.8. The lowest BCUT2D eigenvalue weighted by atomic mass is 10.1. The number of hydrogen-bond donors (Lipinski definition) is 2. The number of sulfonamides is 1. The Morgan fingerprint density at radius 1 is 1.05 bits per heavy atom. The number of rotatable bonds is 7. The van der Waals surface area contributed by atoms with E-state index >= 15 is 0 Å². The lowest BCUT2D eigenvalue weighted by molar-refractivity contribution is -0.143. The Bertz CT molecular complexity index is 1350. The maximum Gasteiger partial charge on any atom is 0.314 e. The minimum absolute atomic E-state index is 0.0504. The highest BCUT2D eigenvalue weighted by molar-refractivity contribution is 7.91. The molecular formula is C26H36N6O5S2. The summed E-state index contributed by atoms with van der Waals surface area (Å²) in [6, 6.07) is 6.19. The zero-order valence-electron chi connectivity index (χ0n) is 22.2. The molecule has 5 rings (SSSR count). The summed E-state index contributed by atoms with van der Waals surface area (Å²) in [5.74, 6) is -0.460. The molecule has 13 heteroatoms. The van der Waals surface area contributed by atoms with Crippen LogP contribution in [0.25, 0.3) is 10.1 Å². The van der Waals surface area contributed by atoms with Crippen molar-refractivity contribution in [3.05, 3.63) is 29.8 Å². The van der Waals surface area contributed by atoms with Crippen molar-refractivity contribution in [1.29, 1.82) is 0 Å². The monoisotopic (exact) mass is 576 g/mol. The number of benzene rings is 1. The second kappa shape index (κ2) is 11.4. The molecule has 3 aliphatic rings. The van der Waals surface area contributed by atoms with Crippen LogP contribution < -0.4 is 10.5 Å². The quantitative estimate of drug-likeness (QED) is 0.508. The molecule has 0 unspecified atom stereocenters. The lowest BCUT2D eigenvalue weighted by Crippen LogP contribution is -2.56. The highest BCUT2D eigenvalue weighted by Gasteiger charge is 2.37. The van der Waals surface area contributed by atoms with E-state index in [1.807, 2.05) is 30.0 Å². The van der Waals surface area contributed by atoms with Crippen molar-refractivity contribution in [2.75, 3.05) is 52.4 Å². The van der Waals surface area contributed by atoms with Crippen LogP contribution >= 0.6 is 11.3 Å². The van der Waals surface area contributed by atoms with Crippen LogP contribution in [-0.2, 0) is 19.6 Å². The van der Waals surface area contributed by atoms with E-state index in [2.05, 4.69) is 9.62 Å². The van der Waals surface area contributed by atoms with E-state index < -0.39 is 22.1 Å². The Morgan fingerprint density at radius 3 is 2.54 bits per heavy atom. The van der Waals surface area contributed by atoms with Gasteiger partial charge in [0.25, 0.3) is 10.0 Å². The highest BCUT2D eigenvalue weighted by atomic mass is 32.2. The Hall–Kier alpha value is -2.74. The van der Waals surface area contributed by atoms with Gasteiger partial charge in [0.2, 0.25) is 11.8 Å². The summed E-state index contributed by atoms with van der Waals surface area (Å²) in [7, 11) is -3.88. The second-order valence-corrected chi connectivity index (χ2v) is 13.7. The van der Waals surface area contributed by atoms with Crippen LogP contribution in [0.2, 0.25) is 0 Å². The third-order valence-corrected chi connectivity index (χ3v) is 11.0. The number of carbonyl (C=O) groups is 3. The Balaban J connectivity index is 1.18. The smallest absolute Gasteiger partial charge is 0.314 e. The number of piperidine rings is 1. The van der Waals surface area contributed by atoms with Gasteiger partial charge in [-0.2, -0.15) is 4.72 Å². The molecular weight excluding hydrogens is 540 g/mol. The molecule has 3 N–H and O–H groups in total. The Labute approximate surface area is 232 Å². The number of nitrogens with two attached hydrogens (primary N) is 1. The zero-order chi connectivity index (χ0) is 27.7. The van der Waals surface area contributed by atoms with Crippen molar-refractivity contribution in [3.63, 3.8) is 0 Å². The summed E-state index contributed by atoms with van der Waals surface area (Å²) in [6.45, 7) is 6.30. The van der Waals surface area contributed by atoms with Crippen LogP contribution in [0.5, 0.6) is 0 Å². The van der Waals surface area contributed by atoms with E-state index in [9.17, 15) is 22.8 Å². The number of amides is 4. The summed E-state index contributed by atoms with van der Waals surface area (Å²) in [5.41, 5.74) is 6.43. The summed E-state index contributed by atoms with van der Waals surface area (Å²) in [4.78, 5) is 45.2. The Kier molecular flexibility index (Phi) is 8.13. The van der Waals surface area contributed by atoms with Crippen molar-refractivity contribution >= 4 is 49.3 Å². The normalized spacial score (nSPS) is 23.1. The molecule has 0 bridgehead atoms. The standard InChI is InChI=1S/C26H36N6O5S2/c1-18-6-7-22-19(14-18)15-24(38-22)39(36,37)28-21-5-3-8-31(25(21)34)17-23(33)32-9-2-4-20(32)16-29-10-12-30(13-11-29)26(27)35/h6-7,14-15,20-21,28H,2-5,8-13,16-17H2,1H3,(H2,27,35)/t20-,21-/m0/s1. The Morgan fingerprint density at radius 2 is 1.79 bits per heavy atom. The van der Waals surface area contributed by atoms with Gasteiger partial charge in [-0.15, -0.1) is 11.3 Å². The van der Waals surface area contributed by atoms with Crippen LogP contribution in [0, 0.1) is 6.92 Å². The number of nitrogens with zero attached hydrogens (tertiary/aromatic N) is 4. The fourth-order valence-electron chi connectivity index (χ4n) is 5.78. The number of piperazine rings is 1. The van der Waals surface area contributed by atoms with Crippen molar-refractivity contribution < 1.29 is 22.8 Å². The topological polar surface area (TPSA) is 136 Å². The van der Waals surface area contributed by atoms with E-state index in [1.54, 1.807) is 11.0 Å². The van der Waals surface area contributed by atoms with Crippen LogP contribution in [0.1, 0.15) is 31.2 Å². The van der Waals surface area contributed by atoms with Gasteiger partial charge in [0.1, 0.15) is 10.3 Å². The number of urea groups is 1. The molecule has 0 aliphatic carbocycles. The molecule has 0 saturated carbocycles. The van der Waals surface area contributed by atoms with Crippen LogP contribution in [0.15, 0.2) is 28.5 Å². The van der Waals surface area contributed by atoms with Gasteiger partial charge >= 0.3 is 6.03 Å². The number of nitrogens with one attached hydrogen (secondary N) is 1. The van der Waals surface area contributed by atoms with Crippen LogP contribution in [0.4, 0.5) is 4.79 Å². The number of hydrogen-bond acceptors (Lipinski definition) is 7. The molecule has 2 atom stereocenters. The van der Waals surface area contributed by atoms with Crippen LogP contribution in [0.3, 0.4) is 0 Å². The van der Waals surface area contributed by atoms with Crippen LogP contribution in [-0.4, -0.2) is 110 Å². The van der Waals surface area contributed by atoms with Gasteiger partial charge in [-0.25, -0.2) is 13.2 Å². The second-order valence-electron chi connectivity index (χ2n) is 10.7. The predicted octanol–water partition coefficient (Wildman–Crippen LogP) is 1.17. The molecule has 3 aliphatic heterocycles. The van der Waals surface area contributed by atoms with Crippen molar-refractivity contribution in [2.24, 2.45) is 5.73 Å². The van der Waals surface area contributed by atoms with Gasteiger partial charge < -0.3 is 20.4 Å². The van der Waals surface area contributed by atoms with Gasteiger partial charge in [0.15, 0.2) is 0 Å². The molecule has 11 nitrogen and oxygen atoms in total. The van der Waals surface area contributed by atoms with E-state index in [0.717, 1.165) is 35.0 Å². The molecule has 212 valence electrons. The van der Waals surface area contributed by atoms with Crippen molar-refractivity contribution in [3.8, 4) is 0 Å². The molecule has 1 aromatic heterocycles. The fourth-order valence-corrected chi connectivity index (χ4v) is 8.40. The summed E-state index contributed by atoms with van der Waals surface area (Å²) in [5, 5.41) is 0.859. The highest BCUT2D eigenvalue weighted by Crippen LogP contribution is 2.30. The first-order chi connectivity index (χ1) is 18.6. The van der Waals surface area contributed by atoms with E-state index in [-0.39, 0.29) is 28.6 Å². The number of thiophene rings is 1. The molecule has 3 fully saturated rings. The number of likely N-dealkylation sites (tertiary alicyclic amines) is 2. The minimum Gasteiger partial charge on any atom is -0.351 e. The molecule has 3 saturated heterocycles. The minimum atomic E-state index is -3.88. The van der Waals surface area contributed by atoms with Gasteiger partial charge in [-0.1, -0.05) is 17.7 Å². The van der Waals surface area contributed by atoms with Crippen molar-refractivity contribution in [2.45, 2.75) is 48.9 Å². The summed E-state index contributed by atoms with van der Waals surface area (Å²) >= 11 is 1.18. The average molecular weight is 577 g/mol. The molecule has 4 heterocycles. The molecule has 0 spiro atoms. The first kappa shape index (κ1) is 27.8. The number of fused-ring (bicyclic) bond motifs is 1. The van der Waals surface area contributed by atoms with E-state index in [1.165, 1.54) is 16.2 Å². The molecule has 2 aromatic rings. The van der Waals surface area contributed by atoms with E-state index in [0.29, 0.717) is 52.1 Å². The first-order valence-corrected chi connectivity index (χ1v) is 15.8. The maximum absolute atomic E-state index is 13.3. The summed E-state index contributed by atoms with van der Waals surface area (Å²) < 4.78 is 30.0. The molecule has 1 aromatic carbocycles. The number of aryl methyl sites for hydroxylation is 1. The SMILES string of the molecule is Cc1ccc2sc(S(=O)(=O)N[C@H]3CCCN(CC(=O)N4CCC[C@H]4CN4CCN(C(N)=O)CC4)C3=O)cc2c1.